The molecule has 0 saturated heterocycles. The standard InChI is InChI=1S/C24H21FN2O3/c1-15-10-11-16(2)20(12-15)26-22(28)14-27-21-9-4-3-8-19(21)24(30,23(27)29)17-6-5-7-18(25)13-17/h3-13,30H,14H2,1-2H3,(H,26,28)/t24-/m1/s1. The third kappa shape index (κ3) is 3.25. The fourth-order valence-corrected chi connectivity index (χ4v) is 3.79. The van der Waals surface area contributed by atoms with E-state index >= 15 is 0 Å². The summed E-state index contributed by atoms with van der Waals surface area (Å²) in [7, 11) is 0. The molecule has 0 unspecified atom stereocenters. The molecule has 6 heteroatoms. The fourth-order valence-electron chi connectivity index (χ4n) is 3.79. The van der Waals surface area contributed by atoms with Crippen molar-refractivity contribution in [1.29, 1.82) is 0 Å². The first-order valence-corrected chi connectivity index (χ1v) is 9.57. The number of hydrogen-bond acceptors (Lipinski definition) is 3. The molecule has 1 atom stereocenters. The lowest BCUT2D eigenvalue weighted by molar-refractivity contribution is -0.133. The van der Waals surface area contributed by atoms with E-state index in [-0.39, 0.29) is 12.1 Å². The minimum absolute atomic E-state index is 0.123. The van der Waals surface area contributed by atoms with Gasteiger partial charge in [-0.3, -0.25) is 14.5 Å². The van der Waals surface area contributed by atoms with Crippen molar-refractivity contribution in [2.24, 2.45) is 0 Å². The lowest BCUT2D eigenvalue weighted by atomic mass is 9.87. The van der Waals surface area contributed by atoms with Gasteiger partial charge in [0.05, 0.1) is 5.69 Å². The number of para-hydroxylation sites is 1. The Morgan fingerprint density at radius 2 is 1.83 bits per heavy atom. The number of anilines is 2. The first kappa shape index (κ1) is 19.8. The van der Waals surface area contributed by atoms with Gasteiger partial charge in [-0.1, -0.05) is 42.5 Å². The van der Waals surface area contributed by atoms with E-state index in [1.165, 1.54) is 23.1 Å². The topological polar surface area (TPSA) is 69.6 Å². The molecule has 2 amide bonds. The maximum absolute atomic E-state index is 13.8. The molecule has 1 heterocycles. The van der Waals surface area contributed by atoms with E-state index in [0.717, 1.165) is 17.2 Å². The van der Waals surface area contributed by atoms with Crippen LogP contribution in [0.25, 0.3) is 0 Å². The highest BCUT2D eigenvalue weighted by molar-refractivity contribution is 6.12. The largest absolute Gasteiger partial charge is 0.372 e. The van der Waals surface area contributed by atoms with Crippen LogP contribution in [0, 0.1) is 19.7 Å². The van der Waals surface area contributed by atoms with Crippen LogP contribution in [0.1, 0.15) is 22.3 Å². The third-order valence-electron chi connectivity index (χ3n) is 5.35. The monoisotopic (exact) mass is 404 g/mol. The van der Waals surface area contributed by atoms with Gasteiger partial charge in [-0.05, 0) is 49.2 Å². The highest BCUT2D eigenvalue weighted by Gasteiger charge is 2.51. The zero-order valence-electron chi connectivity index (χ0n) is 16.6. The summed E-state index contributed by atoms with van der Waals surface area (Å²) in [4.78, 5) is 27.3. The SMILES string of the molecule is Cc1ccc(C)c(NC(=O)CN2C(=O)[C@@](O)(c3cccc(F)c3)c3ccccc32)c1. The molecule has 1 aliphatic rings. The lowest BCUT2D eigenvalue weighted by Gasteiger charge is -2.23. The summed E-state index contributed by atoms with van der Waals surface area (Å²) in [5.41, 5.74) is 1.37. The van der Waals surface area contributed by atoms with Gasteiger partial charge in [0, 0.05) is 16.8 Å². The molecule has 152 valence electrons. The van der Waals surface area contributed by atoms with Crippen molar-refractivity contribution in [3.8, 4) is 0 Å². The highest BCUT2D eigenvalue weighted by Crippen LogP contribution is 2.44. The second-order valence-corrected chi connectivity index (χ2v) is 7.50. The Hall–Kier alpha value is -3.51. The Bertz CT molecular complexity index is 1160. The zero-order chi connectivity index (χ0) is 21.5. The molecule has 30 heavy (non-hydrogen) atoms. The lowest BCUT2D eigenvalue weighted by Crippen LogP contribution is -2.44. The van der Waals surface area contributed by atoms with Gasteiger partial charge in [-0.25, -0.2) is 4.39 Å². The van der Waals surface area contributed by atoms with Crippen LogP contribution in [0.3, 0.4) is 0 Å². The Morgan fingerprint density at radius 3 is 2.60 bits per heavy atom. The normalized spacial score (nSPS) is 17.7. The van der Waals surface area contributed by atoms with Gasteiger partial charge >= 0.3 is 0 Å². The average molecular weight is 404 g/mol. The molecular formula is C24H21FN2O3. The Morgan fingerprint density at radius 1 is 1.07 bits per heavy atom. The van der Waals surface area contributed by atoms with E-state index in [2.05, 4.69) is 5.32 Å². The van der Waals surface area contributed by atoms with Gasteiger partial charge in [0.2, 0.25) is 5.91 Å². The Balaban J connectivity index is 1.67. The molecule has 0 aliphatic carbocycles. The van der Waals surface area contributed by atoms with Crippen LogP contribution in [0.5, 0.6) is 0 Å². The average Bonchev–Trinajstić information content (AvgIpc) is 2.94. The maximum atomic E-state index is 13.8. The van der Waals surface area contributed by atoms with Crippen LogP contribution in [-0.4, -0.2) is 23.5 Å². The molecular weight excluding hydrogens is 383 g/mol. The van der Waals surface area contributed by atoms with Crippen LogP contribution in [-0.2, 0) is 15.2 Å². The van der Waals surface area contributed by atoms with E-state index in [1.807, 2.05) is 32.0 Å². The first-order valence-electron chi connectivity index (χ1n) is 9.57. The summed E-state index contributed by atoms with van der Waals surface area (Å²) in [6, 6.07) is 17.7. The molecule has 2 N–H and O–H groups in total. The van der Waals surface area contributed by atoms with E-state index in [1.54, 1.807) is 24.3 Å². The summed E-state index contributed by atoms with van der Waals surface area (Å²) in [6.45, 7) is 3.53. The minimum atomic E-state index is -2.06. The number of halogens is 1. The number of aryl methyl sites for hydroxylation is 2. The first-order chi connectivity index (χ1) is 14.3. The van der Waals surface area contributed by atoms with Crippen LogP contribution in [0.4, 0.5) is 15.8 Å². The number of amides is 2. The smallest absolute Gasteiger partial charge is 0.268 e. The number of rotatable bonds is 4. The quantitative estimate of drug-likeness (QED) is 0.697. The van der Waals surface area contributed by atoms with Crippen molar-refractivity contribution >= 4 is 23.2 Å². The van der Waals surface area contributed by atoms with Crippen molar-refractivity contribution in [1.82, 2.24) is 0 Å². The minimum Gasteiger partial charge on any atom is -0.372 e. The number of hydrogen-bond donors (Lipinski definition) is 2. The molecule has 3 aromatic carbocycles. The molecule has 0 bridgehead atoms. The van der Waals surface area contributed by atoms with Crippen LogP contribution >= 0.6 is 0 Å². The number of aliphatic hydroxyl groups is 1. The number of nitrogens with one attached hydrogen (secondary N) is 1. The van der Waals surface area contributed by atoms with E-state index < -0.39 is 23.2 Å². The van der Waals surface area contributed by atoms with E-state index in [9.17, 15) is 19.1 Å². The summed E-state index contributed by atoms with van der Waals surface area (Å²) in [6.07, 6.45) is 0. The van der Waals surface area contributed by atoms with E-state index in [0.29, 0.717) is 16.9 Å². The van der Waals surface area contributed by atoms with Crippen LogP contribution in [0.2, 0.25) is 0 Å². The number of fused-ring (bicyclic) bond motifs is 1. The maximum Gasteiger partial charge on any atom is 0.268 e. The predicted octanol–water partition coefficient (Wildman–Crippen LogP) is 3.66. The van der Waals surface area contributed by atoms with Crippen molar-refractivity contribution in [3.63, 3.8) is 0 Å². The molecule has 0 fully saturated rings. The van der Waals surface area contributed by atoms with Gasteiger partial charge in [-0.2, -0.15) is 0 Å². The summed E-state index contributed by atoms with van der Waals surface area (Å²) >= 11 is 0. The number of carbonyl (C=O) groups excluding carboxylic acids is 2. The van der Waals surface area contributed by atoms with Crippen LogP contribution in [0.15, 0.2) is 66.7 Å². The molecule has 3 aromatic rings. The summed E-state index contributed by atoms with van der Waals surface area (Å²) in [5, 5.41) is 14.2. The van der Waals surface area contributed by atoms with Gasteiger partial charge in [0.15, 0.2) is 5.60 Å². The predicted molar refractivity (Wildman–Crippen MR) is 113 cm³/mol. The number of nitrogens with zero attached hydrogens (tertiary/aromatic N) is 1. The molecule has 5 nitrogen and oxygen atoms in total. The number of carbonyl (C=O) groups is 2. The number of benzene rings is 3. The van der Waals surface area contributed by atoms with Gasteiger partial charge in [0.25, 0.3) is 5.91 Å². The van der Waals surface area contributed by atoms with Crippen molar-refractivity contribution < 1.29 is 19.1 Å². The fraction of sp³-hybridized carbons (Fsp3) is 0.167. The Kier molecular flexibility index (Phi) is 4.87. The van der Waals surface area contributed by atoms with Gasteiger partial charge < -0.3 is 10.4 Å². The van der Waals surface area contributed by atoms with Crippen molar-refractivity contribution in [2.75, 3.05) is 16.8 Å². The van der Waals surface area contributed by atoms with Crippen molar-refractivity contribution in [2.45, 2.75) is 19.4 Å². The van der Waals surface area contributed by atoms with Gasteiger partial charge in [-0.15, -0.1) is 0 Å². The highest BCUT2D eigenvalue weighted by atomic mass is 19.1. The van der Waals surface area contributed by atoms with Gasteiger partial charge in [0.1, 0.15) is 12.4 Å². The summed E-state index contributed by atoms with van der Waals surface area (Å²) in [5.74, 6) is -1.64. The van der Waals surface area contributed by atoms with E-state index in [4.69, 9.17) is 0 Å². The molecule has 0 spiro atoms. The second-order valence-electron chi connectivity index (χ2n) is 7.50. The molecule has 1 aliphatic heterocycles. The second kappa shape index (κ2) is 7.39. The summed E-state index contributed by atoms with van der Waals surface area (Å²) < 4.78 is 13.8. The molecule has 0 saturated carbocycles. The molecule has 4 rings (SSSR count). The molecule has 0 aromatic heterocycles. The molecule has 0 radical (unpaired) electrons. The zero-order valence-corrected chi connectivity index (χ0v) is 16.6. The van der Waals surface area contributed by atoms with Crippen molar-refractivity contribution in [3.05, 3.63) is 94.8 Å². The van der Waals surface area contributed by atoms with Crippen LogP contribution < -0.4 is 10.2 Å². The Labute approximate surface area is 173 Å². The third-order valence-corrected chi connectivity index (χ3v) is 5.35.